The summed E-state index contributed by atoms with van der Waals surface area (Å²) < 4.78 is 0. The lowest BCUT2D eigenvalue weighted by molar-refractivity contribution is -0.129. The smallest absolute Gasteiger partial charge is 0.243 e. The summed E-state index contributed by atoms with van der Waals surface area (Å²) in [5, 5.41) is 5.55. The molecule has 1 fully saturated rings. The molecule has 1 rings (SSSR count). The minimum Gasteiger partial charge on any atom is -0.352 e. The highest BCUT2D eigenvalue weighted by molar-refractivity contribution is 5.87. The maximum atomic E-state index is 11.6. The normalized spacial score (nSPS) is 17.7. The summed E-state index contributed by atoms with van der Waals surface area (Å²) in [6.07, 6.45) is 2.13. The molecule has 2 N–H and O–H groups in total. The molecule has 0 heterocycles. The number of nitrogens with one attached hydrogen (secondary N) is 2. The van der Waals surface area contributed by atoms with Gasteiger partial charge in [0.1, 0.15) is 6.04 Å². The fourth-order valence-corrected chi connectivity index (χ4v) is 1.27. The maximum Gasteiger partial charge on any atom is 0.243 e. The predicted octanol–water partition coefficient (Wildman–Crippen LogP) is 0.426. The SMILES string of the molecule is CC(=O)N[C@@H](C(=O)NC1CC1)C(C)C. The summed E-state index contributed by atoms with van der Waals surface area (Å²) in [5.74, 6) is -0.0926. The molecule has 1 saturated carbocycles. The van der Waals surface area contributed by atoms with E-state index in [0.29, 0.717) is 6.04 Å². The van der Waals surface area contributed by atoms with Crippen molar-refractivity contribution < 1.29 is 9.59 Å². The molecule has 0 aliphatic heterocycles. The zero-order chi connectivity index (χ0) is 10.7. The number of carbonyl (C=O) groups excluding carboxylic acids is 2. The lowest BCUT2D eigenvalue weighted by atomic mass is 10.0. The van der Waals surface area contributed by atoms with E-state index >= 15 is 0 Å². The summed E-state index contributed by atoms with van der Waals surface area (Å²) in [6, 6.07) is -0.0504. The van der Waals surface area contributed by atoms with Crippen LogP contribution in [0.15, 0.2) is 0 Å². The predicted molar refractivity (Wildman–Crippen MR) is 53.6 cm³/mol. The molecule has 80 valence electrons. The van der Waals surface area contributed by atoms with Crippen molar-refractivity contribution >= 4 is 11.8 Å². The van der Waals surface area contributed by atoms with E-state index in [2.05, 4.69) is 10.6 Å². The van der Waals surface area contributed by atoms with Crippen LogP contribution in [0.3, 0.4) is 0 Å². The largest absolute Gasteiger partial charge is 0.352 e. The van der Waals surface area contributed by atoms with E-state index in [1.807, 2.05) is 13.8 Å². The summed E-state index contributed by atoms with van der Waals surface area (Å²) in [6.45, 7) is 5.28. The van der Waals surface area contributed by atoms with E-state index in [1.54, 1.807) is 0 Å². The molecule has 0 radical (unpaired) electrons. The van der Waals surface area contributed by atoms with Crippen LogP contribution in [0.4, 0.5) is 0 Å². The Hall–Kier alpha value is -1.06. The Morgan fingerprint density at radius 1 is 1.29 bits per heavy atom. The van der Waals surface area contributed by atoms with Crippen LogP contribution in [0.5, 0.6) is 0 Å². The molecule has 2 amide bonds. The second kappa shape index (κ2) is 4.44. The van der Waals surface area contributed by atoms with Crippen LogP contribution in [0.1, 0.15) is 33.6 Å². The number of amides is 2. The first-order chi connectivity index (χ1) is 6.50. The third kappa shape index (κ3) is 3.36. The second-order valence-corrected chi connectivity index (χ2v) is 4.21. The topological polar surface area (TPSA) is 58.2 Å². The highest BCUT2D eigenvalue weighted by Gasteiger charge is 2.29. The molecule has 14 heavy (non-hydrogen) atoms. The van der Waals surface area contributed by atoms with Gasteiger partial charge < -0.3 is 10.6 Å². The summed E-state index contributed by atoms with van der Waals surface area (Å²) >= 11 is 0. The van der Waals surface area contributed by atoms with E-state index in [1.165, 1.54) is 6.92 Å². The Morgan fingerprint density at radius 3 is 2.21 bits per heavy atom. The van der Waals surface area contributed by atoms with Gasteiger partial charge >= 0.3 is 0 Å². The van der Waals surface area contributed by atoms with Crippen LogP contribution in [0.25, 0.3) is 0 Å². The highest BCUT2D eigenvalue weighted by atomic mass is 16.2. The Bertz CT molecular complexity index is 234. The van der Waals surface area contributed by atoms with Crippen molar-refractivity contribution in [3.8, 4) is 0 Å². The molecule has 4 nitrogen and oxygen atoms in total. The van der Waals surface area contributed by atoms with Crippen molar-refractivity contribution in [2.75, 3.05) is 0 Å². The fourth-order valence-electron chi connectivity index (χ4n) is 1.27. The van der Waals surface area contributed by atoms with Crippen molar-refractivity contribution in [3.63, 3.8) is 0 Å². The first kappa shape index (κ1) is 11.0. The summed E-state index contributed by atoms with van der Waals surface area (Å²) in [4.78, 5) is 22.5. The quantitative estimate of drug-likeness (QED) is 0.688. The van der Waals surface area contributed by atoms with E-state index in [-0.39, 0.29) is 17.7 Å². The highest BCUT2D eigenvalue weighted by Crippen LogP contribution is 2.19. The van der Waals surface area contributed by atoms with Crippen LogP contribution in [0, 0.1) is 5.92 Å². The number of hydrogen-bond acceptors (Lipinski definition) is 2. The number of carbonyl (C=O) groups is 2. The molecule has 1 aliphatic carbocycles. The molecule has 0 aromatic carbocycles. The zero-order valence-electron chi connectivity index (χ0n) is 8.96. The molecule has 0 aromatic rings. The maximum absolute atomic E-state index is 11.6. The molecule has 0 saturated heterocycles. The Kier molecular flexibility index (Phi) is 3.49. The van der Waals surface area contributed by atoms with Gasteiger partial charge in [-0.2, -0.15) is 0 Å². The van der Waals surface area contributed by atoms with E-state index < -0.39 is 6.04 Å². The molecule has 0 unspecified atom stereocenters. The standard InChI is InChI=1S/C10H18N2O2/c1-6(2)9(11-7(3)13)10(14)12-8-4-5-8/h6,8-9H,4-5H2,1-3H3,(H,11,13)(H,12,14)/t9-/m1/s1. The van der Waals surface area contributed by atoms with Gasteiger partial charge in [0.2, 0.25) is 11.8 Å². The van der Waals surface area contributed by atoms with Gasteiger partial charge in [0, 0.05) is 13.0 Å². The first-order valence-corrected chi connectivity index (χ1v) is 5.08. The average Bonchev–Trinajstić information content (AvgIpc) is 2.82. The minimum absolute atomic E-state index is 0.0577. The molecular weight excluding hydrogens is 180 g/mol. The van der Waals surface area contributed by atoms with Gasteiger partial charge in [0.05, 0.1) is 0 Å². The summed E-state index contributed by atoms with van der Waals surface area (Å²) in [5.41, 5.74) is 0. The molecule has 0 aromatic heterocycles. The van der Waals surface area contributed by atoms with Crippen LogP contribution in [-0.4, -0.2) is 23.9 Å². The monoisotopic (exact) mass is 198 g/mol. The molecular formula is C10H18N2O2. The van der Waals surface area contributed by atoms with Gasteiger partial charge in [-0.1, -0.05) is 13.8 Å². The van der Waals surface area contributed by atoms with E-state index in [0.717, 1.165) is 12.8 Å². The molecule has 0 bridgehead atoms. The van der Waals surface area contributed by atoms with E-state index in [4.69, 9.17) is 0 Å². The third-order valence-corrected chi connectivity index (χ3v) is 2.23. The van der Waals surface area contributed by atoms with E-state index in [9.17, 15) is 9.59 Å². The number of hydrogen-bond donors (Lipinski definition) is 2. The Labute approximate surface area is 84.4 Å². The van der Waals surface area contributed by atoms with Gasteiger partial charge in [-0.15, -0.1) is 0 Å². The molecule has 1 aliphatic rings. The fraction of sp³-hybridized carbons (Fsp3) is 0.800. The summed E-state index contributed by atoms with van der Waals surface area (Å²) in [7, 11) is 0. The lowest BCUT2D eigenvalue weighted by Gasteiger charge is -2.20. The average molecular weight is 198 g/mol. The van der Waals surface area contributed by atoms with Crippen LogP contribution in [-0.2, 0) is 9.59 Å². The van der Waals surface area contributed by atoms with Gasteiger partial charge in [0.25, 0.3) is 0 Å². The molecule has 1 atom stereocenters. The zero-order valence-corrected chi connectivity index (χ0v) is 8.96. The van der Waals surface area contributed by atoms with Crippen LogP contribution in [0.2, 0.25) is 0 Å². The lowest BCUT2D eigenvalue weighted by Crippen LogP contribution is -2.49. The number of rotatable bonds is 4. The van der Waals surface area contributed by atoms with Crippen molar-refractivity contribution in [1.82, 2.24) is 10.6 Å². The van der Waals surface area contributed by atoms with Gasteiger partial charge in [0.15, 0.2) is 0 Å². The van der Waals surface area contributed by atoms with Gasteiger partial charge in [-0.3, -0.25) is 9.59 Å². The van der Waals surface area contributed by atoms with Crippen molar-refractivity contribution in [2.45, 2.75) is 45.7 Å². The van der Waals surface area contributed by atoms with Crippen molar-refractivity contribution in [1.29, 1.82) is 0 Å². The minimum atomic E-state index is -0.395. The van der Waals surface area contributed by atoms with Gasteiger partial charge in [-0.05, 0) is 18.8 Å². The first-order valence-electron chi connectivity index (χ1n) is 5.08. The third-order valence-electron chi connectivity index (χ3n) is 2.23. The van der Waals surface area contributed by atoms with Crippen molar-refractivity contribution in [2.24, 2.45) is 5.92 Å². The molecule has 4 heteroatoms. The van der Waals surface area contributed by atoms with Gasteiger partial charge in [-0.25, -0.2) is 0 Å². The molecule has 0 spiro atoms. The Morgan fingerprint density at radius 2 is 1.86 bits per heavy atom. The Balaban J connectivity index is 2.46. The van der Waals surface area contributed by atoms with Crippen molar-refractivity contribution in [3.05, 3.63) is 0 Å². The second-order valence-electron chi connectivity index (χ2n) is 4.21. The van der Waals surface area contributed by atoms with Crippen LogP contribution < -0.4 is 10.6 Å². The van der Waals surface area contributed by atoms with Crippen LogP contribution >= 0.6 is 0 Å².